The summed E-state index contributed by atoms with van der Waals surface area (Å²) < 4.78 is 10.9. The molecule has 0 bridgehead atoms. The summed E-state index contributed by atoms with van der Waals surface area (Å²) in [7, 11) is 4.14. The number of likely N-dealkylation sites (tertiary alicyclic amines) is 1. The Kier molecular flexibility index (Phi) is 3.99. The smallest absolute Gasteiger partial charge is 0.276 e. The van der Waals surface area contributed by atoms with Gasteiger partial charge in [0.1, 0.15) is 5.76 Å². The van der Waals surface area contributed by atoms with E-state index in [4.69, 9.17) is 9.26 Å². The summed E-state index contributed by atoms with van der Waals surface area (Å²) in [4.78, 5) is 16.5. The molecule has 2 aliphatic heterocycles. The van der Waals surface area contributed by atoms with Crippen molar-refractivity contribution >= 4 is 5.91 Å². The maximum absolute atomic E-state index is 12.4. The Morgan fingerprint density at radius 2 is 2.33 bits per heavy atom. The lowest BCUT2D eigenvalue weighted by molar-refractivity contribution is 0.0548. The topological polar surface area (TPSA) is 58.8 Å². The summed E-state index contributed by atoms with van der Waals surface area (Å²) in [5, 5.41) is 3.83. The quantitative estimate of drug-likeness (QED) is 0.833. The van der Waals surface area contributed by atoms with E-state index in [1.807, 2.05) is 4.90 Å². The molecule has 1 aromatic rings. The Labute approximate surface area is 125 Å². The maximum atomic E-state index is 12.4. The van der Waals surface area contributed by atoms with E-state index in [0.29, 0.717) is 29.4 Å². The zero-order valence-corrected chi connectivity index (χ0v) is 12.9. The van der Waals surface area contributed by atoms with Gasteiger partial charge in [0, 0.05) is 31.6 Å². The Bertz CT molecular complexity index is 514. The van der Waals surface area contributed by atoms with E-state index >= 15 is 0 Å². The Hall–Kier alpha value is -1.40. The molecule has 3 heterocycles. The van der Waals surface area contributed by atoms with Crippen LogP contribution in [-0.4, -0.2) is 67.3 Å². The van der Waals surface area contributed by atoms with E-state index in [1.54, 1.807) is 13.0 Å². The summed E-state index contributed by atoms with van der Waals surface area (Å²) in [5.41, 5.74) is 0.412. The van der Waals surface area contributed by atoms with Crippen molar-refractivity contribution in [1.82, 2.24) is 15.0 Å². The lowest BCUT2D eigenvalue weighted by Crippen LogP contribution is -2.45. The molecule has 1 amide bonds. The van der Waals surface area contributed by atoms with Crippen LogP contribution in [-0.2, 0) is 4.74 Å². The second-order valence-electron chi connectivity index (χ2n) is 6.42. The number of carbonyl (C=O) groups is 1. The number of likely N-dealkylation sites (N-methyl/N-ethyl adjacent to an activating group) is 1. The molecule has 6 nitrogen and oxygen atoms in total. The highest BCUT2D eigenvalue weighted by atomic mass is 16.5. The van der Waals surface area contributed by atoms with Crippen molar-refractivity contribution in [2.75, 3.05) is 40.3 Å². The van der Waals surface area contributed by atoms with Gasteiger partial charge in [-0.15, -0.1) is 0 Å². The average molecular weight is 293 g/mol. The molecule has 0 aliphatic carbocycles. The van der Waals surface area contributed by atoms with Gasteiger partial charge in [0.15, 0.2) is 5.69 Å². The van der Waals surface area contributed by atoms with Gasteiger partial charge in [-0.05, 0) is 33.4 Å². The fourth-order valence-corrected chi connectivity index (χ4v) is 3.45. The third-order valence-corrected chi connectivity index (χ3v) is 4.47. The minimum atomic E-state index is -0.0265. The molecule has 0 saturated carbocycles. The lowest BCUT2D eigenvalue weighted by Gasteiger charge is -2.35. The van der Waals surface area contributed by atoms with Crippen molar-refractivity contribution in [1.29, 1.82) is 0 Å². The molecule has 116 valence electrons. The molecule has 0 N–H and O–H groups in total. The van der Waals surface area contributed by atoms with Gasteiger partial charge in [-0.25, -0.2) is 0 Å². The number of carbonyl (C=O) groups excluding carboxylic acids is 1. The zero-order valence-electron chi connectivity index (χ0n) is 12.9. The lowest BCUT2D eigenvalue weighted by atomic mass is 9.84. The third kappa shape index (κ3) is 2.96. The predicted molar refractivity (Wildman–Crippen MR) is 77.0 cm³/mol. The molecule has 1 aromatic heterocycles. The average Bonchev–Trinajstić information content (AvgIpc) is 3.04. The zero-order chi connectivity index (χ0) is 15.0. The van der Waals surface area contributed by atoms with E-state index in [1.165, 1.54) is 0 Å². The van der Waals surface area contributed by atoms with E-state index in [0.717, 1.165) is 32.7 Å². The van der Waals surface area contributed by atoms with Crippen LogP contribution in [0.5, 0.6) is 0 Å². The number of amides is 1. The molecule has 6 heteroatoms. The monoisotopic (exact) mass is 293 g/mol. The Morgan fingerprint density at radius 1 is 1.52 bits per heavy atom. The molecular formula is C15H23N3O3. The summed E-state index contributed by atoms with van der Waals surface area (Å²) in [5.74, 6) is 1.65. The first kappa shape index (κ1) is 14.5. The highest BCUT2D eigenvalue weighted by Crippen LogP contribution is 2.35. The number of nitrogens with zero attached hydrogens (tertiary/aromatic N) is 3. The molecular weight excluding hydrogens is 270 g/mol. The normalized spacial score (nSPS) is 29.0. The van der Waals surface area contributed by atoms with Crippen LogP contribution in [0.3, 0.4) is 0 Å². The molecule has 0 unspecified atom stereocenters. The van der Waals surface area contributed by atoms with E-state index in [-0.39, 0.29) is 5.91 Å². The highest BCUT2D eigenvalue weighted by molar-refractivity contribution is 5.92. The molecule has 0 spiro atoms. The molecule has 21 heavy (non-hydrogen) atoms. The predicted octanol–water partition coefficient (Wildman–Crippen LogP) is 1.02. The standard InChI is InChI=1S/C15H23N3O3/c1-10-6-13(16-21-10)15(19)18-5-4-12-11(7-18)9-20-14(12)8-17(2)3/h6,11-12,14H,4-5,7-9H2,1-3H3/t11-,12-,14+/m1/s1. The van der Waals surface area contributed by atoms with Gasteiger partial charge >= 0.3 is 0 Å². The number of hydrogen-bond acceptors (Lipinski definition) is 5. The number of hydrogen-bond donors (Lipinski definition) is 0. The summed E-state index contributed by atoms with van der Waals surface area (Å²) >= 11 is 0. The Balaban J connectivity index is 1.62. The first-order valence-electron chi connectivity index (χ1n) is 7.53. The van der Waals surface area contributed by atoms with Gasteiger partial charge in [0.2, 0.25) is 0 Å². The molecule has 2 aliphatic rings. The Morgan fingerprint density at radius 3 is 3.00 bits per heavy atom. The SMILES string of the molecule is Cc1cc(C(=O)N2CC[C@@H]3[C@@H](CO[C@H]3CN(C)C)C2)no1. The second-order valence-corrected chi connectivity index (χ2v) is 6.42. The molecule has 3 atom stereocenters. The van der Waals surface area contributed by atoms with Gasteiger partial charge < -0.3 is 19.1 Å². The van der Waals surface area contributed by atoms with Crippen LogP contribution in [0.4, 0.5) is 0 Å². The van der Waals surface area contributed by atoms with Gasteiger partial charge in [-0.1, -0.05) is 5.16 Å². The number of piperidine rings is 1. The van der Waals surface area contributed by atoms with Crippen LogP contribution < -0.4 is 0 Å². The van der Waals surface area contributed by atoms with Crippen LogP contribution in [0.2, 0.25) is 0 Å². The second kappa shape index (κ2) is 5.77. The van der Waals surface area contributed by atoms with Crippen LogP contribution >= 0.6 is 0 Å². The minimum Gasteiger partial charge on any atom is -0.376 e. The van der Waals surface area contributed by atoms with Crippen molar-refractivity contribution in [3.05, 3.63) is 17.5 Å². The molecule has 0 radical (unpaired) electrons. The van der Waals surface area contributed by atoms with Crippen molar-refractivity contribution in [3.63, 3.8) is 0 Å². The van der Waals surface area contributed by atoms with Crippen LogP contribution in [0.25, 0.3) is 0 Å². The van der Waals surface area contributed by atoms with E-state index in [9.17, 15) is 4.79 Å². The van der Waals surface area contributed by atoms with Crippen molar-refractivity contribution in [3.8, 4) is 0 Å². The van der Waals surface area contributed by atoms with Gasteiger partial charge in [0.25, 0.3) is 5.91 Å². The van der Waals surface area contributed by atoms with Gasteiger partial charge in [0.05, 0.1) is 12.7 Å². The van der Waals surface area contributed by atoms with Crippen molar-refractivity contribution < 1.29 is 14.1 Å². The number of aryl methyl sites for hydroxylation is 1. The first-order valence-corrected chi connectivity index (χ1v) is 7.53. The molecule has 2 saturated heterocycles. The van der Waals surface area contributed by atoms with Crippen LogP contribution in [0.1, 0.15) is 22.7 Å². The van der Waals surface area contributed by atoms with Crippen molar-refractivity contribution in [2.24, 2.45) is 11.8 Å². The molecule has 2 fully saturated rings. The van der Waals surface area contributed by atoms with Crippen molar-refractivity contribution in [2.45, 2.75) is 19.4 Å². The number of fused-ring (bicyclic) bond motifs is 1. The minimum absolute atomic E-state index is 0.0265. The van der Waals surface area contributed by atoms with Gasteiger partial charge in [-0.3, -0.25) is 4.79 Å². The number of aromatic nitrogens is 1. The summed E-state index contributed by atoms with van der Waals surface area (Å²) in [6, 6.07) is 1.70. The molecule has 0 aromatic carbocycles. The van der Waals surface area contributed by atoms with E-state index < -0.39 is 0 Å². The van der Waals surface area contributed by atoms with E-state index in [2.05, 4.69) is 24.2 Å². The number of ether oxygens (including phenoxy) is 1. The summed E-state index contributed by atoms with van der Waals surface area (Å²) in [6.07, 6.45) is 1.31. The molecule has 3 rings (SSSR count). The fourth-order valence-electron chi connectivity index (χ4n) is 3.45. The summed E-state index contributed by atoms with van der Waals surface area (Å²) in [6.45, 7) is 5.05. The first-order chi connectivity index (χ1) is 10.0. The van der Waals surface area contributed by atoms with Crippen LogP contribution in [0.15, 0.2) is 10.6 Å². The van der Waals surface area contributed by atoms with Crippen LogP contribution in [0, 0.1) is 18.8 Å². The largest absolute Gasteiger partial charge is 0.376 e. The van der Waals surface area contributed by atoms with Gasteiger partial charge in [-0.2, -0.15) is 0 Å². The third-order valence-electron chi connectivity index (χ3n) is 4.47. The fraction of sp³-hybridized carbons (Fsp3) is 0.733. The maximum Gasteiger partial charge on any atom is 0.276 e. The number of rotatable bonds is 3. The highest BCUT2D eigenvalue weighted by Gasteiger charge is 2.42.